The molecule has 0 radical (unpaired) electrons. The summed E-state index contributed by atoms with van der Waals surface area (Å²) in [5.74, 6) is 2.63. The Morgan fingerprint density at radius 3 is 2.43 bits per heavy atom. The Balaban J connectivity index is 1.63. The van der Waals surface area contributed by atoms with Crippen LogP contribution >= 0.6 is 11.8 Å². The van der Waals surface area contributed by atoms with Gasteiger partial charge >= 0.3 is 0 Å². The highest BCUT2D eigenvalue weighted by molar-refractivity contribution is 7.99. The van der Waals surface area contributed by atoms with E-state index in [1.165, 1.54) is 95.3 Å². The Hall–Kier alpha value is 0.270. The first kappa shape index (κ1) is 16.1. The topological polar surface area (TPSA) is 15.3 Å². The summed E-state index contributed by atoms with van der Waals surface area (Å²) in [5, 5.41) is 4.05. The molecule has 0 unspecified atom stereocenters. The van der Waals surface area contributed by atoms with Crippen LogP contribution in [0.4, 0.5) is 0 Å². The average molecular weight is 311 g/mol. The van der Waals surface area contributed by atoms with Gasteiger partial charge in [-0.1, -0.05) is 39.0 Å². The standard InChI is InChI=1S/C18H34N2S/c1-2-21-14-8-13-20-16-17(9-4-3-5-10-17)19-15-18(20)11-6-7-12-18/h19H,2-16H2,1H3. The molecule has 3 aliphatic rings. The lowest BCUT2D eigenvalue weighted by Crippen LogP contribution is -2.69. The fourth-order valence-electron chi connectivity index (χ4n) is 4.96. The van der Waals surface area contributed by atoms with Gasteiger partial charge in [-0.2, -0.15) is 11.8 Å². The van der Waals surface area contributed by atoms with Crippen molar-refractivity contribution < 1.29 is 0 Å². The van der Waals surface area contributed by atoms with Crippen LogP contribution in [-0.4, -0.2) is 47.1 Å². The minimum absolute atomic E-state index is 0.476. The molecule has 1 N–H and O–H groups in total. The summed E-state index contributed by atoms with van der Waals surface area (Å²) in [5.41, 5.74) is 1.00. The first-order chi connectivity index (χ1) is 10.3. The van der Waals surface area contributed by atoms with Gasteiger partial charge in [-0.05, 0) is 50.2 Å². The van der Waals surface area contributed by atoms with Crippen LogP contribution in [0.25, 0.3) is 0 Å². The molecule has 1 heterocycles. The Bertz CT molecular complexity index is 319. The summed E-state index contributed by atoms with van der Waals surface area (Å²) in [4.78, 5) is 2.94. The van der Waals surface area contributed by atoms with E-state index in [-0.39, 0.29) is 0 Å². The third-order valence-corrected chi connectivity index (χ3v) is 7.21. The molecule has 2 spiro atoms. The van der Waals surface area contributed by atoms with Crippen molar-refractivity contribution in [1.82, 2.24) is 10.2 Å². The molecule has 0 atom stereocenters. The van der Waals surface area contributed by atoms with Crippen molar-refractivity contribution in [3.05, 3.63) is 0 Å². The number of hydrogen-bond donors (Lipinski definition) is 1. The molecular formula is C18H34N2S. The molecular weight excluding hydrogens is 276 g/mol. The summed E-state index contributed by atoms with van der Waals surface area (Å²) in [6, 6.07) is 0. The molecule has 21 heavy (non-hydrogen) atoms. The number of thioether (sulfide) groups is 1. The van der Waals surface area contributed by atoms with Crippen molar-refractivity contribution in [3.8, 4) is 0 Å². The molecule has 2 nitrogen and oxygen atoms in total. The van der Waals surface area contributed by atoms with Crippen LogP contribution in [0.5, 0.6) is 0 Å². The fraction of sp³-hybridized carbons (Fsp3) is 1.00. The molecule has 2 saturated carbocycles. The molecule has 1 aliphatic heterocycles. The summed E-state index contributed by atoms with van der Waals surface area (Å²) >= 11 is 2.11. The lowest BCUT2D eigenvalue weighted by Gasteiger charge is -2.55. The largest absolute Gasteiger partial charge is 0.308 e. The van der Waals surface area contributed by atoms with E-state index in [1.807, 2.05) is 0 Å². The predicted molar refractivity (Wildman–Crippen MR) is 94.2 cm³/mol. The molecule has 0 aromatic heterocycles. The van der Waals surface area contributed by atoms with Crippen LogP contribution in [0.2, 0.25) is 0 Å². The highest BCUT2D eigenvalue weighted by Gasteiger charge is 2.48. The Morgan fingerprint density at radius 2 is 1.71 bits per heavy atom. The minimum Gasteiger partial charge on any atom is -0.308 e. The first-order valence-electron chi connectivity index (χ1n) is 9.37. The molecule has 0 aromatic rings. The van der Waals surface area contributed by atoms with Crippen LogP contribution < -0.4 is 5.32 Å². The summed E-state index contributed by atoms with van der Waals surface area (Å²) in [7, 11) is 0. The number of nitrogens with zero attached hydrogens (tertiary/aromatic N) is 1. The van der Waals surface area contributed by atoms with E-state index >= 15 is 0 Å². The van der Waals surface area contributed by atoms with Crippen LogP contribution in [-0.2, 0) is 0 Å². The monoisotopic (exact) mass is 310 g/mol. The van der Waals surface area contributed by atoms with E-state index in [0.29, 0.717) is 11.1 Å². The maximum atomic E-state index is 4.05. The van der Waals surface area contributed by atoms with Crippen LogP contribution in [0.15, 0.2) is 0 Å². The van der Waals surface area contributed by atoms with Gasteiger partial charge in [0.25, 0.3) is 0 Å². The van der Waals surface area contributed by atoms with Gasteiger partial charge in [-0.15, -0.1) is 0 Å². The summed E-state index contributed by atoms with van der Waals surface area (Å²) < 4.78 is 0. The Morgan fingerprint density at radius 1 is 1.00 bits per heavy atom. The van der Waals surface area contributed by atoms with Crippen LogP contribution in [0.1, 0.15) is 71.1 Å². The second-order valence-corrected chi connectivity index (χ2v) is 8.99. The lowest BCUT2D eigenvalue weighted by molar-refractivity contribution is -0.00554. The summed E-state index contributed by atoms with van der Waals surface area (Å²) in [6.45, 7) is 6.24. The summed E-state index contributed by atoms with van der Waals surface area (Å²) in [6.07, 6.45) is 14.4. The molecule has 0 amide bonds. The molecule has 3 heteroatoms. The molecule has 2 aliphatic carbocycles. The normalized spacial score (nSPS) is 28.4. The van der Waals surface area contributed by atoms with Crippen molar-refractivity contribution in [2.45, 2.75) is 82.2 Å². The molecule has 0 aromatic carbocycles. The van der Waals surface area contributed by atoms with Crippen molar-refractivity contribution >= 4 is 11.8 Å². The van der Waals surface area contributed by atoms with E-state index in [0.717, 1.165) is 0 Å². The van der Waals surface area contributed by atoms with Crippen molar-refractivity contribution in [2.24, 2.45) is 0 Å². The predicted octanol–water partition coefficient (Wildman–Crippen LogP) is 4.05. The third kappa shape index (κ3) is 3.61. The second-order valence-electron chi connectivity index (χ2n) is 7.60. The van der Waals surface area contributed by atoms with E-state index in [9.17, 15) is 0 Å². The molecule has 3 rings (SSSR count). The van der Waals surface area contributed by atoms with Crippen LogP contribution in [0, 0.1) is 0 Å². The van der Waals surface area contributed by atoms with Gasteiger partial charge in [-0.3, -0.25) is 4.90 Å². The van der Waals surface area contributed by atoms with Crippen molar-refractivity contribution in [2.75, 3.05) is 31.1 Å². The maximum absolute atomic E-state index is 4.05. The maximum Gasteiger partial charge on any atom is 0.0334 e. The molecule has 3 fully saturated rings. The SMILES string of the molecule is CCSCCCN1CC2(CCCCC2)NCC12CCCC2. The Kier molecular flexibility index (Phi) is 5.55. The van der Waals surface area contributed by atoms with E-state index in [1.54, 1.807) is 0 Å². The number of piperazine rings is 1. The van der Waals surface area contributed by atoms with Gasteiger partial charge in [0.15, 0.2) is 0 Å². The number of nitrogens with one attached hydrogen (secondary N) is 1. The van der Waals surface area contributed by atoms with Gasteiger partial charge in [0, 0.05) is 24.2 Å². The van der Waals surface area contributed by atoms with Gasteiger partial charge in [0.1, 0.15) is 0 Å². The minimum atomic E-state index is 0.476. The zero-order chi connectivity index (χ0) is 14.6. The highest BCUT2D eigenvalue weighted by Crippen LogP contribution is 2.41. The fourth-order valence-corrected chi connectivity index (χ4v) is 5.58. The lowest BCUT2D eigenvalue weighted by atomic mass is 9.76. The number of hydrogen-bond acceptors (Lipinski definition) is 3. The number of rotatable bonds is 5. The van der Waals surface area contributed by atoms with Crippen molar-refractivity contribution in [3.63, 3.8) is 0 Å². The molecule has 1 saturated heterocycles. The highest BCUT2D eigenvalue weighted by atomic mass is 32.2. The van der Waals surface area contributed by atoms with Gasteiger partial charge in [0.05, 0.1) is 0 Å². The Labute approximate surface area is 135 Å². The third-order valence-electron chi connectivity index (χ3n) is 6.22. The molecule has 0 bridgehead atoms. The van der Waals surface area contributed by atoms with Crippen molar-refractivity contribution in [1.29, 1.82) is 0 Å². The average Bonchev–Trinajstić information content (AvgIpc) is 2.98. The van der Waals surface area contributed by atoms with E-state index < -0.39 is 0 Å². The zero-order valence-corrected chi connectivity index (χ0v) is 14.8. The van der Waals surface area contributed by atoms with Gasteiger partial charge in [-0.25, -0.2) is 0 Å². The van der Waals surface area contributed by atoms with Gasteiger partial charge < -0.3 is 5.32 Å². The van der Waals surface area contributed by atoms with Gasteiger partial charge in [0.2, 0.25) is 0 Å². The first-order valence-corrected chi connectivity index (χ1v) is 10.5. The zero-order valence-electron chi connectivity index (χ0n) is 14.0. The van der Waals surface area contributed by atoms with E-state index in [2.05, 4.69) is 28.9 Å². The van der Waals surface area contributed by atoms with Crippen LogP contribution in [0.3, 0.4) is 0 Å². The smallest absolute Gasteiger partial charge is 0.0334 e. The second kappa shape index (κ2) is 7.23. The quantitative estimate of drug-likeness (QED) is 0.771. The molecule has 122 valence electrons. The van der Waals surface area contributed by atoms with E-state index in [4.69, 9.17) is 0 Å².